The van der Waals surface area contributed by atoms with Gasteiger partial charge in [0.05, 0.1) is 23.1 Å². The minimum atomic E-state index is -0.711. The second-order valence-corrected chi connectivity index (χ2v) is 7.05. The Balaban J connectivity index is 1.87. The largest absolute Gasteiger partial charge is 0.387 e. The molecule has 0 radical (unpaired) electrons. The van der Waals surface area contributed by atoms with Gasteiger partial charge in [-0.3, -0.25) is 0 Å². The molecule has 2 N–H and O–H groups in total. The van der Waals surface area contributed by atoms with Gasteiger partial charge in [-0.1, -0.05) is 12.1 Å². The van der Waals surface area contributed by atoms with Crippen molar-refractivity contribution in [3.8, 4) is 11.3 Å². The van der Waals surface area contributed by atoms with E-state index in [1.807, 2.05) is 13.8 Å². The Bertz CT molecular complexity index is 925. The SMILES string of the molecule is CCc1onc(C)c1-c1[nH]c2ccc(F)cc2c1C(O)CN1CCCC1. The number of likely N-dealkylation sites (tertiary alicyclic amines) is 1. The van der Waals surface area contributed by atoms with E-state index in [1.54, 1.807) is 6.07 Å². The fraction of sp³-hybridized carbons (Fsp3) is 0.450. The number of hydrogen-bond donors (Lipinski definition) is 2. The molecule has 1 aromatic carbocycles. The Kier molecular flexibility index (Phi) is 4.54. The zero-order valence-electron chi connectivity index (χ0n) is 15.2. The molecule has 2 aromatic heterocycles. The molecule has 1 fully saturated rings. The van der Waals surface area contributed by atoms with E-state index >= 15 is 0 Å². The van der Waals surface area contributed by atoms with Crippen LogP contribution in [0.2, 0.25) is 0 Å². The van der Waals surface area contributed by atoms with Crippen LogP contribution in [0.1, 0.15) is 42.9 Å². The van der Waals surface area contributed by atoms with Gasteiger partial charge >= 0.3 is 0 Å². The van der Waals surface area contributed by atoms with E-state index in [0.29, 0.717) is 18.4 Å². The number of aliphatic hydroxyl groups is 1. The van der Waals surface area contributed by atoms with Crippen LogP contribution in [0.4, 0.5) is 4.39 Å². The van der Waals surface area contributed by atoms with Crippen LogP contribution in [0, 0.1) is 12.7 Å². The maximum atomic E-state index is 13.9. The van der Waals surface area contributed by atoms with Crippen LogP contribution < -0.4 is 0 Å². The summed E-state index contributed by atoms with van der Waals surface area (Å²) >= 11 is 0. The molecule has 1 atom stereocenters. The first-order valence-electron chi connectivity index (χ1n) is 9.25. The number of aryl methyl sites for hydroxylation is 2. The lowest BCUT2D eigenvalue weighted by Crippen LogP contribution is -2.25. The van der Waals surface area contributed by atoms with Gasteiger partial charge < -0.3 is 19.5 Å². The lowest BCUT2D eigenvalue weighted by Gasteiger charge is -2.20. The molecule has 0 saturated carbocycles. The maximum absolute atomic E-state index is 13.9. The summed E-state index contributed by atoms with van der Waals surface area (Å²) in [5.74, 6) is 0.458. The summed E-state index contributed by atoms with van der Waals surface area (Å²) in [6, 6.07) is 4.64. The number of aliphatic hydroxyl groups excluding tert-OH is 1. The van der Waals surface area contributed by atoms with Crippen LogP contribution in [-0.2, 0) is 6.42 Å². The van der Waals surface area contributed by atoms with Gasteiger partial charge in [0.1, 0.15) is 11.6 Å². The van der Waals surface area contributed by atoms with Gasteiger partial charge in [-0.15, -0.1) is 0 Å². The average molecular weight is 357 g/mol. The van der Waals surface area contributed by atoms with E-state index in [-0.39, 0.29) is 5.82 Å². The smallest absolute Gasteiger partial charge is 0.146 e. The van der Waals surface area contributed by atoms with Gasteiger partial charge in [0, 0.05) is 29.4 Å². The Hall–Kier alpha value is -2.18. The molecule has 4 rings (SSSR count). The fourth-order valence-electron chi connectivity index (χ4n) is 4.01. The topological polar surface area (TPSA) is 65.3 Å². The van der Waals surface area contributed by atoms with Crippen molar-refractivity contribution in [3.05, 3.63) is 41.0 Å². The molecule has 6 heteroatoms. The molecule has 3 heterocycles. The van der Waals surface area contributed by atoms with Crippen molar-refractivity contribution in [1.29, 1.82) is 0 Å². The first-order chi connectivity index (χ1) is 12.6. The maximum Gasteiger partial charge on any atom is 0.146 e. The predicted octanol–water partition coefficient (Wildman–Crippen LogP) is 3.96. The zero-order valence-corrected chi connectivity index (χ0v) is 15.2. The number of rotatable bonds is 5. The number of benzene rings is 1. The third-order valence-electron chi connectivity index (χ3n) is 5.27. The molecule has 26 heavy (non-hydrogen) atoms. The highest BCUT2D eigenvalue weighted by Gasteiger charge is 2.27. The van der Waals surface area contributed by atoms with Gasteiger partial charge in [0.2, 0.25) is 0 Å². The van der Waals surface area contributed by atoms with Crippen molar-refractivity contribution in [1.82, 2.24) is 15.0 Å². The highest BCUT2D eigenvalue weighted by molar-refractivity contribution is 5.92. The number of nitrogens with one attached hydrogen (secondary N) is 1. The lowest BCUT2D eigenvalue weighted by molar-refractivity contribution is 0.128. The number of nitrogens with zero attached hydrogens (tertiary/aromatic N) is 2. The molecular weight excluding hydrogens is 333 g/mol. The van der Waals surface area contributed by atoms with Crippen LogP contribution in [0.25, 0.3) is 22.2 Å². The number of hydrogen-bond acceptors (Lipinski definition) is 4. The summed E-state index contributed by atoms with van der Waals surface area (Å²) in [5.41, 5.74) is 3.96. The predicted molar refractivity (Wildman–Crippen MR) is 98.5 cm³/mol. The van der Waals surface area contributed by atoms with Gasteiger partial charge in [0.25, 0.3) is 0 Å². The molecule has 1 aliphatic rings. The van der Waals surface area contributed by atoms with E-state index in [1.165, 1.54) is 12.1 Å². The molecule has 1 saturated heterocycles. The minimum Gasteiger partial charge on any atom is -0.387 e. The summed E-state index contributed by atoms with van der Waals surface area (Å²) < 4.78 is 19.4. The molecule has 138 valence electrons. The molecule has 0 amide bonds. The van der Waals surface area contributed by atoms with Crippen molar-refractivity contribution >= 4 is 10.9 Å². The minimum absolute atomic E-state index is 0.310. The van der Waals surface area contributed by atoms with Crippen molar-refractivity contribution < 1.29 is 14.0 Å². The second kappa shape index (κ2) is 6.85. The molecular formula is C20H24FN3O2. The van der Waals surface area contributed by atoms with Crippen LogP contribution >= 0.6 is 0 Å². The number of aromatic amines is 1. The number of β-amino-alcohol motifs (C(OH)–C–C–N with tert-alkyl or cyclic N) is 1. The number of fused-ring (bicyclic) bond motifs is 1. The quantitative estimate of drug-likeness (QED) is 0.725. The first kappa shape index (κ1) is 17.2. The average Bonchev–Trinajstić information content (AvgIpc) is 3.32. The highest BCUT2D eigenvalue weighted by atomic mass is 19.1. The summed E-state index contributed by atoms with van der Waals surface area (Å²) in [6.45, 7) is 6.43. The van der Waals surface area contributed by atoms with Crippen LogP contribution in [0.3, 0.4) is 0 Å². The Morgan fingerprint density at radius 2 is 2.12 bits per heavy atom. The fourth-order valence-corrected chi connectivity index (χ4v) is 4.01. The van der Waals surface area contributed by atoms with Crippen LogP contribution in [-0.4, -0.2) is 39.8 Å². The second-order valence-electron chi connectivity index (χ2n) is 7.05. The van der Waals surface area contributed by atoms with Crippen LogP contribution in [0.5, 0.6) is 0 Å². The standard InChI is InChI=1S/C20H24FN3O2/c1-3-17-18(12(2)23-26-17)20-19(16(25)11-24-8-4-5-9-24)14-10-13(21)6-7-15(14)22-20/h6-7,10,16,22,25H,3-5,8-9,11H2,1-2H3. The Labute approximate surface area is 151 Å². The molecule has 0 aliphatic carbocycles. The third-order valence-corrected chi connectivity index (χ3v) is 5.27. The first-order valence-corrected chi connectivity index (χ1v) is 9.25. The van der Waals surface area contributed by atoms with Gasteiger partial charge in [-0.2, -0.15) is 0 Å². The number of aromatic nitrogens is 2. The van der Waals surface area contributed by atoms with Crippen molar-refractivity contribution in [2.75, 3.05) is 19.6 Å². The zero-order chi connectivity index (χ0) is 18.3. The van der Waals surface area contributed by atoms with Gasteiger partial charge in [-0.25, -0.2) is 4.39 Å². The Morgan fingerprint density at radius 1 is 1.35 bits per heavy atom. The summed E-state index contributed by atoms with van der Waals surface area (Å²) in [7, 11) is 0. The summed E-state index contributed by atoms with van der Waals surface area (Å²) in [5, 5.41) is 15.9. The molecule has 0 bridgehead atoms. The van der Waals surface area contributed by atoms with Crippen molar-refractivity contribution in [2.24, 2.45) is 0 Å². The normalized spacial score (nSPS) is 16.6. The lowest BCUT2D eigenvalue weighted by atomic mass is 9.98. The molecule has 3 aromatic rings. The third kappa shape index (κ3) is 2.93. The molecule has 1 aliphatic heterocycles. The van der Waals surface area contributed by atoms with E-state index in [2.05, 4.69) is 15.0 Å². The van der Waals surface area contributed by atoms with Crippen molar-refractivity contribution in [2.45, 2.75) is 39.2 Å². The van der Waals surface area contributed by atoms with E-state index in [9.17, 15) is 9.50 Å². The van der Waals surface area contributed by atoms with E-state index in [4.69, 9.17) is 4.52 Å². The Morgan fingerprint density at radius 3 is 2.85 bits per heavy atom. The molecule has 0 spiro atoms. The van der Waals surface area contributed by atoms with Crippen LogP contribution in [0.15, 0.2) is 22.7 Å². The molecule has 5 nitrogen and oxygen atoms in total. The van der Waals surface area contributed by atoms with Gasteiger partial charge in [-0.05, 0) is 51.1 Å². The van der Waals surface area contributed by atoms with Crippen molar-refractivity contribution in [3.63, 3.8) is 0 Å². The van der Waals surface area contributed by atoms with E-state index < -0.39 is 6.10 Å². The molecule has 1 unspecified atom stereocenters. The number of H-pyrrole nitrogens is 1. The number of halogens is 1. The highest BCUT2D eigenvalue weighted by Crippen LogP contribution is 2.38. The summed E-state index contributed by atoms with van der Waals surface area (Å²) in [4.78, 5) is 5.63. The van der Waals surface area contributed by atoms with Gasteiger partial charge in [0.15, 0.2) is 0 Å². The van der Waals surface area contributed by atoms with E-state index in [0.717, 1.165) is 59.7 Å². The summed E-state index contributed by atoms with van der Waals surface area (Å²) in [6.07, 6.45) is 2.30. The monoisotopic (exact) mass is 357 g/mol.